The van der Waals surface area contributed by atoms with Crippen molar-refractivity contribution in [3.63, 3.8) is 0 Å². The number of carbonyl (C=O) groups excluding carboxylic acids is 1. The molecule has 0 saturated carbocycles. The Hall–Kier alpha value is -3.13. The Morgan fingerprint density at radius 2 is 1.92 bits per heavy atom. The van der Waals surface area contributed by atoms with E-state index in [9.17, 15) is 18.7 Å². The molecule has 0 bridgehead atoms. The minimum Gasteiger partial charge on any atom is -0.386 e. The number of carbonyl (C=O) groups is 1. The molecule has 1 heterocycles. The van der Waals surface area contributed by atoms with Gasteiger partial charge < -0.3 is 10.4 Å². The Labute approximate surface area is 148 Å². The van der Waals surface area contributed by atoms with Crippen LogP contribution in [0.1, 0.15) is 27.7 Å². The Balaban J connectivity index is 1.65. The topological polar surface area (TPSA) is 80.0 Å². The maximum Gasteiger partial charge on any atom is 0.277 e. The van der Waals surface area contributed by atoms with E-state index in [0.29, 0.717) is 0 Å². The molecule has 1 unspecified atom stereocenters. The van der Waals surface area contributed by atoms with E-state index >= 15 is 0 Å². The van der Waals surface area contributed by atoms with Crippen LogP contribution in [0.4, 0.5) is 14.5 Å². The predicted octanol–water partition coefficient (Wildman–Crippen LogP) is 2.85. The van der Waals surface area contributed by atoms with Gasteiger partial charge in [0.25, 0.3) is 5.91 Å². The van der Waals surface area contributed by atoms with Gasteiger partial charge in [-0.1, -0.05) is 35.0 Å². The number of aryl methyl sites for hydroxylation is 1. The van der Waals surface area contributed by atoms with Crippen molar-refractivity contribution in [1.29, 1.82) is 0 Å². The molecule has 6 nitrogen and oxygen atoms in total. The van der Waals surface area contributed by atoms with E-state index in [0.717, 1.165) is 23.3 Å². The number of hydrogen-bond donors (Lipinski definition) is 2. The third kappa shape index (κ3) is 4.09. The van der Waals surface area contributed by atoms with Gasteiger partial charge in [-0.3, -0.25) is 4.79 Å². The van der Waals surface area contributed by atoms with Crippen LogP contribution in [-0.4, -0.2) is 26.0 Å². The summed E-state index contributed by atoms with van der Waals surface area (Å²) in [4.78, 5) is 12.1. The molecular formula is C18H16F2N4O2. The van der Waals surface area contributed by atoms with Gasteiger partial charge in [-0.05, 0) is 24.6 Å². The standard InChI is InChI=1S/C18H16F2N4O2/c1-11-2-4-12(5-3-11)17(25)10-24-9-16(22-23-24)18(26)21-13-6-7-14(19)15(20)8-13/h2-9,17,25H,10H2,1H3,(H,21,26). The van der Waals surface area contributed by atoms with Crippen LogP contribution < -0.4 is 5.32 Å². The van der Waals surface area contributed by atoms with E-state index in [1.54, 1.807) is 0 Å². The second kappa shape index (κ2) is 7.40. The van der Waals surface area contributed by atoms with E-state index in [4.69, 9.17) is 0 Å². The minimum absolute atomic E-state index is 0.00848. The van der Waals surface area contributed by atoms with Crippen LogP contribution in [0.25, 0.3) is 0 Å². The average molecular weight is 358 g/mol. The number of hydrogen-bond acceptors (Lipinski definition) is 4. The third-order valence-corrected chi connectivity index (χ3v) is 3.77. The lowest BCUT2D eigenvalue weighted by Crippen LogP contribution is -2.13. The van der Waals surface area contributed by atoms with Gasteiger partial charge in [0.1, 0.15) is 0 Å². The fourth-order valence-corrected chi connectivity index (χ4v) is 2.33. The minimum atomic E-state index is -1.06. The zero-order valence-corrected chi connectivity index (χ0v) is 13.9. The average Bonchev–Trinajstić information content (AvgIpc) is 3.07. The molecule has 134 valence electrons. The number of benzene rings is 2. The van der Waals surface area contributed by atoms with Crippen LogP contribution in [0.15, 0.2) is 48.7 Å². The number of halogens is 2. The lowest BCUT2D eigenvalue weighted by atomic mass is 10.1. The number of nitrogens with zero attached hydrogens (tertiary/aromatic N) is 3. The molecule has 0 aliphatic heterocycles. The number of aliphatic hydroxyl groups excluding tert-OH is 1. The van der Waals surface area contributed by atoms with Gasteiger partial charge in [-0.2, -0.15) is 0 Å². The van der Waals surface area contributed by atoms with E-state index in [1.807, 2.05) is 31.2 Å². The number of aromatic nitrogens is 3. The molecule has 26 heavy (non-hydrogen) atoms. The highest BCUT2D eigenvalue weighted by Gasteiger charge is 2.15. The number of anilines is 1. The summed E-state index contributed by atoms with van der Waals surface area (Å²) in [6.45, 7) is 2.07. The van der Waals surface area contributed by atoms with Crippen LogP contribution >= 0.6 is 0 Å². The van der Waals surface area contributed by atoms with Crippen molar-refractivity contribution in [1.82, 2.24) is 15.0 Å². The number of aliphatic hydroxyl groups is 1. The number of nitrogens with one attached hydrogen (secondary N) is 1. The molecule has 1 atom stereocenters. The maximum absolute atomic E-state index is 13.2. The summed E-state index contributed by atoms with van der Waals surface area (Å²) >= 11 is 0. The molecule has 0 fully saturated rings. The van der Waals surface area contributed by atoms with E-state index in [1.165, 1.54) is 16.9 Å². The molecule has 2 aromatic carbocycles. The fourth-order valence-electron chi connectivity index (χ4n) is 2.33. The Morgan fingerprint density at radius 3 is 2.62 bits per heavy atom. The van der Waals surface area contributed by atoms with Crippen molar-refractivity contribution in [3.05, 3.63) is 77.1 Å². The summed E-state index contributed by atoms with van der Waals surface area (Å²) in [5.41, 5.74) is 1.89. The molecule has 1 amide bonds. The highest BCUT2D eigenvalue weighted by atomic mass is 19.2. The van der Waals surface area contributed by atoms with Crippen LogP contribution in [-0.2, 0) is 6.54 Å². The molecule has 0 radical (unpaired) electrons. The van der Waals surface area contributed by atoms with Gasteiger partial charge in [0.15, 0.2) is 17.3 Å². The van der Waals surface area contributed by atoms with Crippen molar-refractivity contribution in [3.8, 4) is 0 Å². The lowest BCUT2D eigenvalue weighted by molar-refractivity contribution is 0.102. The van der Waals surface area contributed by atoms with Crippen molar-refractivity contribution >= 4 is 11.6 Å². The summed E-state index contributed by atoms with van der Waals surface area (Å²) in [5.74, 6) is -2.68. The highest BCUT2D eigenvalue weighted by molar-refractivity contribution is 6.02. The van der Waals surface area contributed by atoms with E-state index < -0.39 is 23.6 Å². The monoisotopic (exact) mass is 358 g/mol. The molecule has 2 N–H and O–H groups in total. The summed E-state index contributed by atoms with van der Waals surface area (Å²) in [6, 6.07) is 10.4. The SMILES string of the molecule is Cc1ccc(C(O)Cn2cc(C(=O)Nc3ccc(F)c(F)c3)nn2)cc1. The molecule has 3 aromatic rings. The number of rotatable bonds is 5. The van der Waals surface area contributed by atoms with Gasteiger partial charge in [0.05, 0.1) is 18.8 Å². The first-order chi connectivity index (χ1) is 12.4. The summed E-state index contributed by atoms with van der Waals surface area (Å²) in [5, 5.41) is 20.2. The van der Waals surface area contributed by atoms with Crippen LogP contribution in [0.3, 0.4) is 0 Å². The van der Waals surface area contributed by atoms with Crippen molar-refractivity contribution < 1.29 is 18.7 Å². The van der Waals surface area contributed by atoms with Gasteiger partial charge in [0, 0.05) is 11.8 Å². The molecule has 0 aliphatic carbocycles. The first-order valence-electron chi connectivity index (χ1n) is 7.83. The Morgan fingerprint density at radius 1 is 1.19 bits per heavy atom. The summed E-state index contributed by atoms with van der Waals surface area (Å²) in [7, 11) is 0. The molecular weight excluding hydrogens is 342 g/mol. The Bertz CT molecular complexity index is 925. The van der Waals surface area contributed by atoms with Crippen LogP contribution in [0.2, 0.25) is 0 Å². The van der Waals surface area contributed by atoms with Crippen molar-refractivity contribution in [2.24, 2.45) is 0 Å². The van der Waals surface area contributed by atoms with E-state index in [-0.39, 0.29) is 17.9 Å². The van der Waals surface area contributed by atoms with Crippen LogP contribution in [0, 0.1) is 18.6 Å². The van der Waals surface area contributed by atoms with Gasteiger partial charge in [-0.25, -0.2) is 13.5 Å². The summed E-state index contributed by atoms with van der Waals surface area (Å²) in [6.07, 6.45) is 0.562. The fraction of sp³-hybridized carbons (Fsp3) is 0.167. The largest absolute Gasteiger partial charge is 0.386 e. The first-order valence-corrected chi connectivity index (χ1v) is 7.83. The molecule has 0 saturated heterocycles. The molecule has 3 rings (SSSR count). The normalized spacial score (nSPS) is 12.0. The van der Waals surface area contributed by atoms with Gasteiger partial charge >= 0.3 is 0 Å². The molecule has 8 heteroatoms. The van der Waals surface area contributed by atoms with Crippen LogP contribution in [0.5, 0.6) is 0 Å². The second-order valence-corrected chi connectivity index (χ2v) is 5.84. The lowest BCUT2D eigenvalue weighted by Gasteiger charge is -2.10. The van der Waals surface area contributed by atoms with Crippen molar-refractivity contribution in [2.45, 2.75) is 19.6 Å². The van der Waals surface area contributed by atoms with Gasteiger partial charge in [-0.15, -0.1) is 5.10 Å². The second-order valence-electron chi connectivity index (χ2n) is 5.84. The smallest absolute Gasteiger partial charge is 0.277 e. The van der Waals surface area contributed by atoms with E-state index in [2.05, 4.69) is 15.6 Å². The van der Waals surface area contributed by atoms with Crippen molar-refractivity contribution in [2.75, 3.05) is 5.32 Å². The zero-order valence-electron chi connectivity index (χ0n) is 13.9. The summed E-state index contributed by atoms with van der Waals surface area (Å²) < 4.78 is 27.4. The molecule has 0 aliphatic rings. The molecule has 0 spiro atoms. The zero-order chi connectivity index (χ0) is 18.7. The predicted molar refractivity (Wildman–Crippen MR) is 90.5 cm³/mol. The quantitative estimate of drug-likeness (QED) is 0.735. The number of amides is 1. The third-order valence-electron chi connectivity index (χ3n) is 3.77. The Kier molecular flexibility index (Phi) is 5.04. The highest BCUT2D eigenvalue weighted by Crippen LogP contribution is 2.16. The molecule has 1 aromatic heterocycles. The van der Waals surface area contributed by atoms with Gasteiger partial charge in [0.2, 0.25) is 0 Å². The first kappa shape index (κ1) is 17.7. The maximum atomic E-state index is 13.2.